The number of hydrogen-bond donors (Lipinski definition) is 0. The molecule has 164 valence electrons. The number of benzene rings is 1. The molecule has 0 unspecified atom stereocenters. The summed E-state index contributed by atoms with van der Waals surface area (Å²) < 4.78 is 5.46. The highest BCUT2D eigenvalue weighted by atomic mass is 16.5. The Hall–Kier alpha value is -2.96. The van der Waals surface area contributed by atoms with Gasteiger partial charge >= 0.3 is 0 Å². The molecule has 0 saturated carbocycles. The van der Waals surface area contributed by atoms with Gasteiger partial charge in [0.25, 0.3) is 5.91 Å². The third kappa shape index (κ3) is 4.86. The summed E-state index contributed by atoms with van der Waals surface area (Å²) in [6.07, 6.45) is 5.01. The zero-order valence-corrected chi connectivity index (χ0v) is 18.3. The second-order valence-electron chi connectivity index (χ2n) is 8.31. The van der Waals surface area contributed by atoms with Gasteiger partial charge in [0.15, 0.2) is 0 Å². The van der Waals surface area contributed by atoms with Crippen LogP contribution in [-0.4, -0.2) is 64.4 Å². The molecule has 7 heteroatoms. The van der Waals surface area contributed by atoms with Gasteiger partial charge in [-0.15, -0.1) is 0 Å². The Bertz CT molecular complexity index is 938. The van der Waals surface area contributed by atoms with Crippen molar-refractivity contribution in [2.24, 2.45) is 0 Å². The van der Waals surface area contributed by atoms with Crippen LogP contribution in [0.5, 0.6) is 5.75 Å². The molecule has 31 heavy (non-hydrogen) atoms. The molecule has 2 amide bonds. The molecular weight excluding hydrogens is 392 g/mol. The Balaban J connectivity index is 1.36. The van der Waals surface area contributed by atoms with Gasteiger partial charge in [0, 0.05) is 38.3 Å². The number of aryl methyl sites for hydroxylation is 1. The molecule has 0 spiro atoms. The molecule has 2 aromatic rings. The first kappa shape index (κ1) is 21.3. The van der Waals surface area contributed by atoms with Crippen molar-refractivity contribution >= 4 is 11.8 Å². The molecule has 2 aliphatic heterocycles. The number of amides is 2. The van der Waals surface area contributed by atoms with E-state index in [0.29, 0.717) is 31.7 Å². The van der Waals surface area contributed by atoms with E-state index in [1.165, 1.54) is 0 Å². The van der Waals surface area contributed by atoms with Crippen molar-refractivity contribution in [3.8, 4) is 5.75 Å². The minimum Gasteiger partial charge on any atom is -0.494 e. The van der Waals surface area contributed by atoms with Crippen LogP contribution in [-0.2, 0) is 11.2 Å². The third-order valence-electron chi connectivity index (χ3n) is 6.12. The smallest absolute Gasteiger partial charge is 0.257 e. The maximum atomic E-state index is 12.8. The fourth-order valence-corrected chi connectivity index (χ4v) is 4.34. The molecule has 2 aliphatic rings. The van der Waals surface area contributed by atoms with Crippen molar-refractivity contribution in [3.05, 3.63) is 53.1 Å². The first-order chi connectivity index (χ1) is 15.0. The van der Waals surface area contributed by atoms with Crippen molar-refractivity contribution in [3.63, 3.8) is 0 Å². The Labute approximate surface area is 183 Å². The number of carbonyl (C=O) groups excluding carboxylic acids is 2. The van der Waals surface area contributed by atoms with Crippen LogP contribution >= 0.6 is 0 Å². The minimum absolute atomic E-state index is 0.0279. The van der Waals surface area contributed by atoms with Gasteiger partial charge in [-0.25, -0.2) is 9.97 Å². The Morgan fingerprint density at radius 2 is 1.84 bits per heavy atom. The van der Waals surface area contributed by atoms with Crippen molar-refractivity contribution in [1.82, 2.24) is 19.8 Å². The van der Waals surface area contributed by atoms with Gasteiger partial charge in [-0.05, 0) is 50.8 Å². The number of rotatable bonds is 6. The molecule has 0 aliphatic carbocycles. The molecule has 2 saturated heterocycles. The Morgan fingerprint density at radius 1 is 1.10 bits per heavy atom. The fraction of sp³-hybridized carbons (Fsp3) is 0.500. The third-order valence-corrected chi connectivity index (χ3v) is 6.12. The quantitative estimate of drug-likeness (QED) is 0.715. The molecule has 1 aromatic heterocycles. The van der Waals surface area contributed by atoms with Gasteiger partial charge < -0.3 is 14.5 Å². The highest BCUT2D eigenvalue weighted by molar-refractivity contribution is 5.95. The van der Waals surface area contributed by atoms with Crippen LogP contribution in [0.25, 0.3) is 0 Å². The summed E-state index contributed by atoms with van der Waals surface area (Å²) in [7, 11) is 0. The van der Waals surface area contributed by atoms with Gasteiger partial charge in [0.1, 0.15) is 11.6 Å². The topological polar surface area (TPSA) is 75.6 Å². The molecule has 0 N–H and O–H groups in total. The van der Waals surface area contributed by atoms with Crippen molar-refractivity contribution in [2.45, 2.75) is 45.4 Å². The lowest BCUT2D eigenvalue weighted by molar-refractivity contribution is -0.129. The van der Waals surface area contributed by atoms with Gasteiger partial charge in [-0.3, -0.25) is 9.59 Å². The van der Waals surface area contributed by atoms with Crippen LogP contribution in [0.1, 0.15) is 59.5 Å². The zero-order chi connectivity index (χ0) is 21.8. The fourth-order valence-electron chi connectivity index (χ4n) is 4.34. The van der Waals surface area contributed by atoms with E-state index in [-0.39, 0.29) is 17.7 Å². The first-order valence-electron chi connectivity index (χ1n) is 11.2. The van der Waals surface area contributed by atoms with Gasteiger partial charge in [0.05, 0.1) is 24.3 Å². The minimum atomic E-state index is 0.0279. The standard InChI is InChI=1S/C24H30N4O3/c1-3-31-20-8-6-18(7-9-20)14-22(29)28-13-10-19(16-28)23-25-15-21(17(2)26-23)24(30)27-11-4-5-12-27/h6-9,15,19H,3-5,10-14,16H2,1-2H3/t19-/m0/s1. The van der Waals surface area contributed by atoms with Crippen molar-refractivity contribution < 1.29 is 14.3 Å². The number of hydrogen-bond acceptors (Lipinski definition) is 5. The highest BCUT2D eigenvalue weighted by Crippen LogP contribution is 2.26. The molecule has 3 heterocycles. The summed E-state index contributed by atoms with van der Waals surface area (Å²) in [6, 6.07) is 7.69. The van der Waals surface area contributed by atoms with E-state index < -0.39 is 0 Å². The predicted molar refractivity (Wildman–Crippen MR) is 117 cm³/mol. The van der Waals surface area contributed by atoms with Crippen LogP contribution < -0.4 is 4.74 Å². The molecule has 1 atom stereocenters. The monoisotopic (exact) mass is 422 g/mol. The maximum absolute atomic E-state index is 12.8. The lowest BCUT2D eigenvalue weighted by Gasteiger charge is -2.18. The SMILES string of the molecule is CCOc1ccc(CC(=O)N2CC[C@H](c3ncc(C(=O)N4CCCC4)c(C)n3)C2)cc1. The molecule has 1 aromatic carbocycles. The van der Waals surface area contributed by atoms with E-state index in [0.717, 1.165) is 55.2 Å². The first-order valence-corrected chi connectivity index (χ1v) is 11.2. The number of nitrogens with zero attached hydrogens (tertiary/aromatic N) is 4. The summed E-state index contributed by atoms with van der Waals surface area (Å²) in [5, 5.41) is 0. The van der Waals surface area contributed by atoms with Crippen molar-refractivity contribution in [1.29, 1.82) is 0 Å². The second kappa shape index (κ2) is 9.45. The van der Waals surface area contributed by atoms with Crippen LogP contribution in [0.4, 0.5) is 0 Å². The van der Waals surface area contributed by atoms with Crippen LogP contribution in [0.15, 0.2) is 30.5 Å². The largest absolute Gasteiger partial charge is 0.494 e. The summed E-state index contributed by atoms with van der Waals surface area (Å²) in [5.74, 6) is 1.80. The van der Waals surface area contributed by atoms with Crippen LogP contribution in [0.2, 0.25) is 0 Å². The van der Waals surface area contributed by atoms with Crippen LogP contribution in [0, 0.1) is 6.92 Å². The summed E-state index contributed by atoms with van der Waals surface area (Å²) in [6.45, 7) is 7.40. The van der Waals surface area contributed by atoms with E-state index in [9.17, 15) is 9.59 Å². The molecule has 7 nitrogen and oxygen atoms in total. The van der Waals surface area contributed by atoms with E-state index in [4.69, 9.17) is 4.74 Å². The number of aromatic nitrogens is 2. The Kier molecular flexibility index (Phi) is 6.49. The molecule has 0 bridgehead atoms. The van der Waals surface area contributed by atoms with E-state index in [1.54, 1.807) is 6.20 Å². The number of likely N-dealkylation sites (tertiary alicyclic amines) is 2. The van der Waals surface area contributed by atoms with Gasteiger partial charge in [0.2, 0.25) is 5.91 Å². The van der Waals surface area contributed by atoms with Gasteiger partial charge in [-0.1, -0.05) is 12.1 Å². The van der Waals surface area contributed by atoms with E-state index >= 15 is 0 Å². The zero-order valence-electron chi connectivity index (χ0n) is 18.3. The lowest BCUT2D eigenvalue weighted by Crippen LogP contribution is -2.30. The number of carbonyl (C=O) groups is 2. The molecular formula is C24H30N4O3. The van der Waals surface area contributed by atoms with Gasteiger partial charge in [-0.2, -0.15) is 0 Å². The molecule has 2 fully saturated rings. The lowest BCUT2D eigenvalue weighted by atomic mass is 10.1. The Morgan fingerprint density at radius 3 is 2.52 bits per heavy atom. The molecule has 4 rings (SSSR count). The summed E-state index contributed by atoms with van der Waals surface area (Å²) >= 11 is 0. The number of ether oxygens (including phenoxy) is 1. The van der Waals surface area contributed by atoms with E-state index in [2.05, 4.69) is 9.97 Å². The predicted octanol–water partition coefficient (Wildman–Crippen LogP) is 2.98. The summed E-state index contributed by atoms with van der Waals surface area (Å²) in [4.78, 5) is 38.3. The molecule has 0 radical (unpaired) electrons. The highest BCUT2D eigenvalue weighted by Gasteiger charge is 2.30. The second-order valence-corrected chi connectivity index (χ2v) is 8.31. The maximum Gasteiger partial charge on any atom is 0.257 e. The average molecular weight is 423 g/mol. The summed E-state index contributed by atoms with van der Waals surface area (Å²) in [5.41, 5.74) is 2.29. The van der Waals surface area contributed by atoms with Crippen molar-refractivity contribution in [2.75, 3.05) is 32.8 Å². The van der Waals surface area contributed by atoms with E-state index in [1.807, 2.05) is 47.9 Å². The average Bonchev–Trinajstić information content (AvgIpc) is 3.47. The van der Waals surface area contributed by atoms with Crippen LogP contribution in [0.3, 0.4) is 0 Å². The normalized spacial score (nSPS) is 18.5.